The van der Waals surface area contributed by atoms with Gasteiger partial charge in [0.25, 0.3) is 0 Å². The molecule has 0 unspecified atom stereocenters. The largest absolute Gasteiger partial charge is 0.444 e. The maximum Gasteiger partial charge on any atom is 0.408 e. The molecule has 0 atom stereocenters. The van der Waals surface area contributed by atoms with Gasteiger partial charge in [0.05, 0.1) is 0 Å². The van der Waals surface area contributed by atoms with Crippen LogP contribution < -0.4 is 10.6 Å². The highest BCUT2D eigenvalue weighted by atomic mass is 16.6. The highest BCUT2D eigenvalue weighted by Crippen LogP contribution is 2.11. The van der Waals surface area contributed by atoms with E-state index in [1.54, 1.807) is 41.5 Å². The third kappa shape index (κ3) is 11.0. The van der Waals surface area contributed by atoms with E-state index in [1.165, 1.54) is 13.8 Å². The molecule has 144 valence electrons. The van der Waals surface area contributed by atoms with Crippen molar-refractivity contribution in [2.75, 3.05) is 6.54 Å². The molecule has 25 heavy (non-hydrogen) atoms. The van der Waals surface area contributed by atoms with Gasteiger partial charge >= 0.3 is 24.1 Å². The molecule has 0 aromatic carbocycles. The van der Waals surface area contributed by atoms with Crippen molar-refractivity contribution in [1.82, 2.24) is 10.6 Å². The summed E-state index contributed by atoms with van der Waals surface area (Å²) >= 11 is 0. The Kier molecular flexibility index (Phi) is 7.42. The Hall–Kier alpha value is -2.32. The Morgan fingerprint density at radius 1 is 0.760 bits per heavy atom. The van der Waals surface area contributed by atoms with Crippen LogP contribution in [0.2, 0.25) is 0 Å². The maximum atomic E-state index is 12.0. The summed E-state index contributed by atoms with van der Waals surface area (Å²) < 4.78 is 14.6. The second-order valence-corrected chi connectivity index (χ2v) is 7.87. The summed E-state index contributed by atoms with van der Waals surface area (Å²) in [4.78, 5) is 46.8. The molecule has 2 amide bonds. The third-order valence-electron chi connectivity index (χ3n) is 2.31. The first-order valence-electron chi connectivity index (χ1n) is 7.75. The molecule has 0 aliphatic carbocycles. The van der Waals surface area contributed by atoms with E-state index < -0.39 is 47.4 Å². The topological polar surface area (TPSA) is 120 Å². The number of carbonyl (C=O) groups excluding carboxylic acids is 4. The average Bonchev–Trinajstić information content (AvgIpc) is 2.30. The van der Waals surface area contributed by atoms with Crippen molar-refractivity contribution in [2.45, 2.75) is 72.1 Å². The lowest BCUT2D eigenvalue weighted by atomic mass is 10.1. The van der Waals surface area contributed by atoms with E-state index in [1.807, 2.05) is 0 Å². The summed E-state index contributed by atoms with van der Waals surface area (Å²) in [6, 6.07) is 0. The molecule has 9 nitrogen and oxygen atoms in total. The van der Waals surface area contributed by atoms with Gasteiger partial charge < -0.3 is 24.8 Å². The monoisotopic (exact) mass is 360 g/mol. The van der Waals surface area contributed by atoms with Crippen LogP contribution in [0.4, 0.5) is 9.59 Å². The first-order chi connectivity index (χ1) is 11.0. The molecule has 0 aromatic heterocycles. The van der Waals surface area contributed by atoms with Gasteiger partial charge in [-0.25, -0.2) is 19.2 Å². The number of hydrogen-bond acceptors (Lipinski definition) is 7. The standard InChI is InChI=1S/C16H28N2O7/c1-14(2,3)24-12(21)17-9-10(19)23-11(20)16(7,8)18-13(22)25-15(4,5)6/h9H2,1-8H3,(H,17,21)(H,18,22). The number of esters is 2. The molecule has 0 aromatic rings. The van der Waals surface area contributed by atoms with Crippen molar-refractivity contribution in [3.63, 3.8) is 0 Å². The predicted octanol–water partition coefficient (Wildman–Crippen LogP) is 1.88. The van der Waals surface area contributed by atoms with Crippen LogP contribution in [-0.2, 0) is 23.8 Å². The summed E-state index contributed by atoms with van der Waals surface area (Å²) in [5, 5.41) is 4.48. The second kappa shape index (κ2) is 8.17. The van der Waals surface area contributed by atoms with Crippen molar-refractivity contribution in [1.29, 1.82) is 0 Å². The molecule has 9 heteroatoms. The quantitative estimate of drug-likeness (QED) is 0.446. The van der Waals surface area contributed by atoms with Crippen molar-refractivity contribution in [2.24, 2.45) is 0 Å². The molecule has 0 aliphatic heterocycles. The van der Waals surface area contributed by atoms with Crippen molar-refractivity contribution < 1.29 is 33.4 Å². The second-order valence-electron chi connectivity index (χ2n) is 7.87. The minimum atomic E-state index is -1.50. The molecular formula is C16H28N2O7. The molecule has 0 saturated carbocycles. The van der Waals surface area contributed by atoms with Gasteiger partial charge in [0.2, 0.25) is 0 Å². The van der Waals surface area contributed by atoms with Crippen LogP contribution in [0.25, 0.3) is 0 Å². The predicted molar refractivity (Wildman–Crippen MR) is 88.8 cm³/mol. The summed E-state index contributed by atoms with van der Waals surface area (Å²) in [6.07, 6.45) is -1.64. The van der Waals surface area contributed by atoms with Crippen LogP contribution in [0.3, 0.4) is 0 Å². The zero-order valence-corrected chi connectivity index (χ0v) is 16.1. The van der Waals surface area contributed by atoms with Crippen LogP contribution >= 0.6 is 0 Å². The zero-order valence-electron chi connectivity index (χ0n) is 16.1. The van der Waals surface area contributed by atoms with Gasteiger partial charge in [0, 0.05) is 0 Å². The van der Waals surface area contributed by atoms with Gasteiger partial charge in [-0.15, -0.1) is 0 Å². The van der Waals surface area contributed by atoms with Gasteiger partial charge in [-0.2, -0.15) is 0 Å². The molecule has 0 heterocycles. The van der Waals surface area contributed by atoms with Crippen LogP contribution in [-0.4, -0.2) is 47.4 Å². The fourth-order valence-electron chi connectivity index (χ4n) is 1.34. The van der Waals surface area contributed by atoms with E-state index in [4.69, 9.17) is 9.47 Å². The molecule has 0 radical (unpaired) electrons. The number of nitrogens with one attached hydrogen (secondary N) is 2. The Balaban J connectivity index is 4.48. The lowest BCUT2D eigenvalue weighted by Crippen LogP contribution is -2.52. The molecule has 0 bridgehead atoms. The molecular weight excluding hydrogens is 332 g/mol. The fourth-order valence-corrected chi connectivity index (χ4v) is 1.34. The Morgan fingerprint density at radius 2 is 1.20 bits per heavy atom. The highest BCUT2D eigenvalue weighted by molar-refractivity contribution is 5.94. The van der Waals surface area contributed by atoms with Crippen LogP contribution in [0.5, 0.6) is 0 Å². The average molecular weight is 360 g/mol. The van der Waals surface area contributed by atoms with Gasteiger partial charge in [-0.1, -0.05) is 0 Å². The van der Waals surface area contributed by atoms with Crippen LogP contribution in [0, 0.1) is 0 Å². The molecule has 2 N–H and O–H groups in total. The molecule has 0 aliphatic rings. The third-order valence-corrected chi connectivity index (χ3v) is 2.31. The maximum absolute atomic E-state index is 12.0. The molecule has 0 saturated heterocycles. The number of carbonyl (C=O) groups is 4. The van der Waals surface area contributed by atoms with Gasteiger partial charge in [-0.3, -0.25) is 0 Å². The lowest BCUT2D eigenvalue weighted by Gasteiger charge is -2.26. The first kappa shape index (κ1) is 22.7. The molecule has 0 rings (SSSR count). The number of hydrogen-bond donors (Lipinski definition) is 2. The number of amides is 2. The van der Waals surface area contributed by atoms with Gasteiger partial charge in [0.1, 0.15) is 23.3 Å². The smallest absolute Gasteiger partial charge is 0.408 e. The van der Waals surface area contributed by atoms with E-state index in [0.29, 0.717) is 0 Å². The Bertz CT molecular complexity index is 528. The Labute approximate surface area is 147 Å². The number of rotatable bonds is 4. The summed E-state index contributed by atoms with van der Waals surface area (Å²) in [5.74, 6) is -1.98. The van der Waals surface area contributed by atoms with Gasteiger partial charge in [-0.05, 0) is 55.4 Å². The normalized spacial score (nSPS) is 12.0. The Morgan fingerprint density at radius 3 is 1.64 bits per heavy atom. The number of ether oxygens (including phenoxy) is 3. The molecule has 0 spiro atoms. The van der Waals surface area contributed by atoms with E-state index in [9.17, 15) is 19.2 Å². The summed E-state index contributed by atoms with van der Waals surface area (Å²) in [7, 11) is 0. The minimum Gasteiger partial charge on any atom is -0.444 e. The zero-order chi connectivity index (χ0) is 20.1. The lowest BCUT2D eigenvalue weighted by molar-refractivity contribution is -0.163. The van der Waals surface area contributed by atoms with Crippen molar-refractivity contribution in [3.05, 3.63) is 0 Å². The van der Waals surface area contributed by atoms with Crippen LogP contribution in [0.1, 0.15) is 55.4 Å². The van der Waals surface area contributed by atoms with E-state index >= 15 is 0 Å². The first-order valence-corrected chi connectivity index (χ1v) is 7.75. The number of alkyl carbamates (subject to hydrolysis) is 2. The summed E-state index contributed by atoms with van der Waals surface area (Å²) in [6.45, 7) is 12.2. The molecule has 0 fully saturated rings. The van der Waals surface area contributed by atoms with Crippen molar-refractivity contribution >= 4 is 24.1 Å². The van der Waals surface area contributed by atoms with Crippen molar-refractivity contribution in [3.8, 4) is 0 Å². The fraction of sp³-hybridized carbons (Fsp3) is 0.750. The highest BCUT2D eigenvalue weighted by Gasteiger charge is 2.34. The van der Waals surface area contributed by atoms with E-state index in [0.717, 1.165) is 0 Å². The van der Waals surface area contributed by atoms with E-state index in [-0.39, 0.29) is 0 Å². The minimum absolute atomic E-state index is 0.552. The van der Waals surface area contributed by atoms with Gasteiger partial charge in [0.15, 0.2) is 0 Å². The van der Waals surface area contributed by atoms with E-state index in [2.05, 4.69) is 15.4 Å². The SMILES string of the molecule is CC(C)(C)OC(=O)NCC(=O)OC(=O)C(C)(C)NC(=O)OC(C)(C)C. The summed E-state index contributed by atoms with van der Waals surface area (Å²) in [5.41, 5.74) is -2.95. The van der Waals surface area contributed by atoms with Crippen LogP contribution in [0.15, 0.2) is 0 Å².